The zero-order valence-corrected chi connectivity index (χ0v) is 18.0. The summed E-state index contributed by atoms with van der Waals surface area (Å²) in [6, 6.07) is 7.99. The maximum atomic E-state index is 6.95. The third-order valence-corrected chi connectivity index (χ3v) is 6.73. The van der Waals surface area contributed by atoms with Gasteiger partial charge in [0.25, 0.3) is 0 Å². The summed E-state index contributed by atoms with van der Waals surface area (Å²) in [6.07, 6.45) is 8.25. The van der Waals surface area contributed by atoms with Crippen molar-refractivity contribution in [3.63, 3.8) is 0 Å². The quantitative estimate of drug-likeness (QED) is 0.503. The number of ether oxygens (including phenoxy) is 2. The van der Waals surface area contributed by atoms with E-state index >= 15 is 0 Å². The number of rotatable bonds is 3. The number of aliphatic imine (C=N–C) groups is 1. The molecular formula is C23H27N7O2. The van der Waals surface area contributed by atoms with Crippen molar-refractivity contribution in [2.45, 2.75) is 31.3 Å². The first-order chi connectivity index (χ1) is 15.6. The Kier molecular flexibility index (Phi) is 4.39. The lowest BCUT2D eigenvalue weighted by Gasteiger charge is -2.36. The second kappa shape index (κ2) is 7.30. The van der Waals surface area contributed by atoms with Crippen LogP contribution < -0.4 is 25.8 Å². The number of hydrogen-bond acceptors (Lipinski definition) is 7. The van der Waals surface area contributed by atoms with E-state index in [1.54, 1.807) is 6.20 Å². The molecule has 1 fully saturated rings. The molecule has 0 spiro atoms. The van der Waals surface area contributed by atoms with Gasteiger partial charge in [-0.05, 0) is 37.1 Å². The largest absolute Gasteiger partial charge is 0.485 e. The number of nitrogens with one attached hydrogen (secondary N) is 3. The Hall–Kier alpha value is -3.46. The molecule has 0 bridgehead atoms. The summed E-state index contributed by atoms with van der Waals surface area (Å²) in [5, 5.41) is 11.1. The van der Waals surface area contributed by atoms with E-state index in [2.05, 4.69) is 20.7 Å². The summed E-state index contributed by atoms with van der Waals surface area (Å²) in [6.45, 7) is 0.986. The highest BCUT2D eigenvalue weighted by Crippen LogP contribution is 2.46. The fraction of sp³-hybridized carbons (Fsp3) is 0.391. The first-order valence-corrected chi connectivity index (χ1v) is 11.1. The van der Waals surface area contributed by atoms with E-state index in [1.165, 1.54) is 12.8 Å². The Morgan fingerprint density at radius 2 is 1.94 bits per heavy atom. The lowest BCUT2D eigenvalue weighted by Crippen LogP contribution is -2.47. The van der Waals surface area contributed by atoms with Gasteiger partial charge in [0.2, 0.25) is 5.96 Å². The topological polar surface area (TPSA) is 115 Å². The number of hydrogen-bond donors (Lipinski definition) is 4. The van der Waals surface area contributed by atoms with Crippen LogP contribution in [-0.4, -0.2) is 33.9 Å². The van der Waals surface area contributed by atoms with Crippen LogP contribution in [0.4, 0.5) is 11.5 Å². The maximum Gasteiger partial charge on any atom is 0.203 e. The van der Waals surface area contributed by atoms with Crippen LogP contribution in [0.15, 0.2) is 41.7 Å². The summed E-state index contributed by atoms with van der Waals surface area (Å²) >= 11 is 0. The summed E-state index contributed by atoms with van der Waals surface area (Å²) in [7, 11) is 1.91. The van der Waals surface area contributed by atoms with Gasteiger partial charge in [-0.3, -0.25) is 4.68 Å². The normalized spacial score (nSPS) is 22.2. The Bertz CT molecular complexity index is 1190. The average Bonchev–Trinajstić information content (AvgIpc) is 3.56. The van der Waals surface area contributed by atoms with Gasteiger partial charge in [0, 0.05) is 36.5 Å². The average molecular weight is 434 g/mol. The minimum Gasteiger partial charge on any atom is -0.485 e. The maximum absolute atomic E-state index is 6.95. The van der Waals surface area contributed by atoms with Gasteiger partial charge in [-0.25, -0.2) is 4.99 Å². The number of nitrogens with two attached hydrogens (primary N) is 1. The van der Waals surface area contributed by atoms with Crippen LogP contribution in [0.5, 0.6) is 11.5 Å². The van der Waals surface area contributed by atoms with Crippen molar-refractivity contribution in [2.24, 2.45) is 23.7 Å². The Morgan fingerprint density at radius 1 is 1.12 bits per heavy atom. The number of nitrogens with zero attached hydrogens (tertiary/aromatic N) is 3. The number of aromatic nitrogens is 3. The highest BCUT2D eigenvalue weighted by atomic mass is 16.6. The van der Waals surface area contributed by atoms with Crippen LogP contribution in [-0.2, 0) is 12.7 Å². The number of aryl methyl sites for hydroxylation is 1. The fourth-order valence-corrected chi connectivity index (χ4v) is 5.14. The zero-order chi connectivity index (χ0) is 21.7. The molecule has 1 aromatic carbocycles. The molecule has 9 heteroatoms. The molecule has 2 aromatic heterocycles. The smallest absolute Gasteiger partial charge is 0.203 e. The molecule has 3 aromatic rings. The summed E-state index contributed by atoms with van der Waals surface area (Å²) < 4.78 is 13.9. The van der Waals surface area contributed by atoms with Crippen molar-refractivity contribution >= 4 is 17.5 Å². The molecule has 1 unspecified atom stereocenters. The molecule has 4 heterocycles. The van der Waals surface area contributed by atoms with Crippen molar-refractivity contribution in [3.05, 3.63) is 42.2 Å². The number of H-pyrrole nitrogens is 1. The van der Waals surface area contributed by atoms with Crippen LogP contribution in [0.25, 0.3) is 11.3 Å². The number of aromatic amines is 1. The fourth-order valence-electron chi connectivity index (χ4n) is 5.14. The molecule has 1 aliphatic carbocycles. The number of fused-ring (bicyclic) bond motifs is 2. The third kappa shape index (κ3) is 2.96. The minimum absolute atomic E-state index is 0.316. The summed E-state index contributed by atoms with van der Waals surface area (Å²) in [5.74, 6) is 3.17. The van der Waals surface area contributed by atoms with Crippen molar-refractivity contribution in [1.29, 1.82) is 0 Å². The molecule has 1 atom stereocenters. The number of benzene rings is 1. The Labute approximate surface area is 186 Å². The molecule has 2 aliphatic heterocycles. The van der Waals surface area contributed by atoms with Crippen LogP contribution in [0, 0.1) is 5.92 Å². The predicted octanol–water partition coefficient (Wildman–Crippen LogP) is 3.38. The van der Waals surface area contributed by atoms with Crippen LogP contribution in [0.3, 0.4) is 0 Å². The first kappa shape index (κ1) is 19.2. The van der Waals surface area contributed by atoms with Crippen LogP contribution in [0.1, 0.15) is 31.2 Å². The van der Waals surface area contributed by atoms with E-state index in [4.69, 9.17) is 20.2 Å². The SMILES string of the molecule is Cn1nccc1-c1ccc(NC2=NC(N)(C3CCCC3)c3cc[nH]c3N2)c2c1OCCO2. The van der Waals surface area contributed by atoms with E-state index < -0.39 is 5.66 Å². The standard InChI is InChI=1S/C23H27N7O2/c1-30-18(9-11-26-30)15-6-7-17(20-19(15)31-12-13-32-20)27-22-28-21-16(8-10-25-21)23(24,29-22)14-4-2-3-5-14/h6-11,14,25H,2-5,12-13,24H2,1H3,(H2,27,28,29). The highest BCUT2D eigenvalue weighted by Gasteiger charge is 2.43. The van der Waals surface area contributed by atoms with Gasteiger partial charge in [0.1, 0.15) is 24.7 Å². The molecular weight excluding hydrogens is 406 g/mol. The van der Waals surface area contributed by atoms with Gasteiger partial charge in [-0.1, -0.05) is 12.8 Å². The number of guanidine groups is 1. The minimum atomic E-state index is -0.758. The molecule has 3 aliphatic rings. The highest BCUT2D eigenvalue weighted by molar-refractivity contribution is 6.06. The molecule has 6 rings (SSSR count). The molecule has 0 saturated heterocycles. The lowest BCUT2D eigenvalue weighted by molar-refractivity contribution is 0.173. The van der Waals surface area contributed by atoms with Gasteiger partial charge < -0.3 is 30.8 Å². The second-order valence-corrected chi connectivity index (χ2v) is 8.64. The molecule has 5 N–H and O–H groups in total. The van der Waals surface area contributed by atoms with E-state index in [9.17, 15) is 0 Å². The van der Waals surface area contributed by atoms with E-state index in [0.29, 0.717) is 36.6 Å². The number of anilines is 2. The van der Waals surface area contributed by atoms with Gasteiger partial charge >= 0.3 is 0 Å². The van der Waals surface area contributed by atoms with Gasteiger partial charge in [0.15, 0.2) is 11.5 Å². The summed E-state index contributed by atoms with van der Waals surface area (Å²) in [5.41, 5.74) is 9.89. The lowest BCUT2D eigenvalue weighted by atomic mass is 9.86. The first-order valence-electron chi connectivity index (χ1n) is 11.1. The predicted molar refractivity (Wildman–Crippen MR) is 123 cm³/mol. The van der Waals surface area contributed by atoms with Gasteiger partial charge in [-0.15, -0.1) is 0 Å². The molecule has 1 saturated carbocycles. The summed E-state index contributed by atoms with van der Waals surface area (Å²) in [4.78, 5) is 8.25. The van der Waals surface area contributed by atoms with Crippen LogP contribution in [0.2, 0.25) is 0 Å². The third-order valence-electron chi connectivity index (χ3n) is 6.73. The monoisotopic (exact) mass is 433 g/mol. The van der Waals surface area contributed by atoms with Crippen LogP contribution >= 0.6 is 0 Å². The molecule has 166 valence electrons. The van der Waals surface area contributed by atoms with E-state index in [1.807, 2.05) is 42.2 Å². The molecule has 0 radical (unpaired) electrons. The molecule has 32 heavy (non-hydrogen) atoms. The Balaban J connectivity index is 1.38. The van der Waals surface area contributed by atoms with Gasteiger partial charge in [-0.2, -0.15) is 5.10 Å². The van der Waals surface area contributed by atoms with Crippen molar-refractivity contribution in [2.75, 3.05) is 23.8 Å². The van der Waals surface area contributed by atoms with Crippen molar-refractivity contribution in [3.8, 4) is 22.8 Å². The van der Waals surface area contributed by atoms with Crippen molar-refractivity contribution < 1.29 is 9.47 Å². The van der Waals surface area contributed by atoms with E-state index in [-0.39, 0.29) is 0 Å². The van der Waals surface area contributed by atoms with E-state index in [0.717, 1.165) is 41.2 Å². The molecule has 9 nitrogen and oxygen atoms in total. The van der Waals surface area contributed by atoms with Gasteiger partial charge in [0.05, 0.1) is 11.4 Å². The van der Waals surface area contributed by atoms with Crippen molar-refractivity contribution in [1.82, 2.24) is 14.8 Å². The second-order valence-electron chi connectivity index (χ2n) is 8.64. The zero-order valence-electron chi connectivity index (χ0n) is 18.0. The Morgan fingerprint density at radius 3 is 2.72 bits per heavy atom. The molecule has 0 amide bonds.